The molecule has 7 heteroatoms. The summed E-state index contributed by atoms with van der Waals surface area (Å²) in [4.78, 5) is 0. The maximum atomic E-state index is 13.8. The summed E-state index contributed by atoms with van der Waals surface area (Å²) in [5.74, 6) is -1.54. The van der Waals surface area contributed by atoms with Gasteiger partial charge in [0, 0.05) is 6.07 Å². The number of nitrogens with one attached hydrogen (secondary N) is 1. The molecule has 0 aliphatic heterocycles. The van der Waals surface area contributed by atoms with Gasteiger partial charge in [-0.25, -0.2) is 8.78 Å². The van der Waals surface area contributed by atoms with Gasteiger partial charge in [-0.05, 0) is 24.6 Å². The third-order valence-electron chi connectivity index (χ3n) is 2.90. The van der Waals surface area contributed by atoms with Crippen molar-refractivity contribution in [1.29, 1.82) is 0 Å². The van der Waals surface area contributed by atoms with E-state index in [1.165, 1.54) is 0 Å². The van der Waals surface area contributed by atoms with Crippen molar-refractivity contribution in [2.45, 2.75) is 13.0 Å². The summed E-state index contributed by atoms with van der Waals surface area (Å²) in [5.41, 5.74) is 0.610. The zero-order chi connectivity index (χ0) is 15.7. The Labute approximate surface area is 140 Å². The molecule has 0 saturated carbocycles. The molecule has 0 aliphatic carbocycles. The molecular formula is C14H9Cl4F2N. The first kappa shape index (κ1) is 16.6. The van der Waals surface area contributed by atoms with E-state index < -0.39 is 17.7 Å². The van der Waals surface area contributed by atoms with Crippen LogP contribution in [0.15, 0.2) is 24.3 Å². The maximum Gasteiger partial charge on any atom is 0.150 e. The molecule has 1 unspecified atom stereocenters. The molecule has 21 heavy (non-hydrogen) atoms. The van der Waals surface area contributed by atoms with Crippen LogP contribution in [0.5, 0.6) is 0 Å². The van der Waals surface area contributed by atoms with Gasteiger partial charge in [0.2, 0.25) is 0 Å². The Morgan fingerprint density at radius 3 is 2.24 bits per heavy atom. The first-order valence-electron chi connectivity index (χ1n) is 5.85. The second-order valence-corrected chi connectivity index (χ2v) is 5.95. The lowest BCUT2D eigenvalue weighted by Crippen LogP contribution is -2.09. The molecule has 0 heterocycles. The van der Waals surface area contributed by atoms with E-state index in [0.717, 1.165) is 12.1 Å². The molecule has 0 saturated heterocycles. The number of benzene rings is 2. The van der Waals surface area contributed by atoms with Gasteiger partial charge in [0.1, 0.15) is 5.82 Å². The highest BCUT2D eigenvalue weighted by Crippen LogP contribution is 2.37. The van der Waals surface area contributed by atoms with Crippen molar-refractivity contribution in [1.82, 2.24) is 0 Å². The number of halogens is 6. The predicted molar refractivity (Wildman–Crippen MR) is 84.9 cm³/mol. The van der Waals surface area contributed by atoms with Gasteiger partial charge in [0.15, 0.2) is 5.82 Å². The van der Waals surface area contributed by atoms with Crippen LogP contribution in [0.2, 0.25) is 20.1 Å². The van der Waals surface area contributed by atoms with Gasteiger partial charge < -0.3 is 5.32 Å². The van der Waals surface area contributed by atoms with Crippen molar-refractivity contribution in [3.05, 3.63) is 61.6 Å². The normalized spacial score (nSPS) is 12.3. The molecule has 0 fully saturated rings. The van der Waals surface area contributed by atoms with Crippen LogP contribution in [0.1, 0.15) is 18.5 Å². The van der Waals surface area contributed by atoms with Crippen LogP contribution in [0.25, 0.3) is 0 Å². The molecule has 0 radical (unpaired) electrons. The summed E-state index contributed by atoms with van der Waals surface area (Å²) in [6.45, 7) is 1.74. The fraction of sp³-hybridized carbons (Fsp3) is 0.143. The Kier molecular flexibility index (Phi) is 5.20. The van der Waals surface area contributed by atoms with E-state index in [-0.39, 0.29) is 20.8 Å². The smallest absolute Gasteiger partial charge is 0.150 e. The fourth-order valence-electron chi connectivity index (χ4n) is 1.85. The monoisotopic (exact) mass is 369 g/mol. The summed E-state index contributed by atoms with van der Waals surface area (Å²) in [6, 6.07) is 4.62. The highest BCUT2D eigenvalue weighted by molar-refractivity contribution is 6.48. The minimum atomic E-state index is -0.789. The van der Waals surface area contributed by atoms with Crippen LogP contribution in [-0.4, -0.2) is 0 Å². The Hall–Kier alpha value is -0.740. The van der Waals surface area contributed by atoms with Gasteiger partial charge in [-0.1, -0.05) is 52.5 Å². The second kappa shape index (κ2) is 6.57. The molecule has 1 nitrogen and oxygen atoms in total. The van der Waals surface area contributed by atoms with Gasteiger partial charge in [-0.2, -0.15) is 0 Å². The molecule has 0 aliphatic rings. The van der Waals surface area contributed by atoms with Crippen molar-refractivity contribution in [2.75, 3.05) is 5.32 Å². The van der Waals surface area contributed by atoms with Gasteiger partial charge in [0.25, 0.3) is 0 Å². The molecule has 1 N–H and O–H groups in total. The molecule has 2 aromatic carbocycles. The Morgan fingerprint density at radius 1 is 0.952 bits per heavy atom. The van der Waals surface area contributed by atoms with E-state index in [2.05, 4.69) is 5.32 Å². The lowest BCUT2D eigenvalue weighted by molar-refractivity contribution is 0.584. The van der Waals surface area contributed by atoms with Gasteiger partial charge >= 0.3 is 0 Å². The van der Waals surface area contributed by atoms with Crippen molar-refractivity contribution in [3.63, 3.8) is 0 Å². The zero-order valence-corrected chi connectivity index (χ0v) is 13.7. The average molecular weight is 371 g/mol. The van der Waals surface area contributed by atoms with Crippen molar-refractivity contribution < 1.29 is 8.78 Å². The largest absolute Gasteiger partial charge is 0.375 e. The van der Waals surface area contributed by atoms with Gasteiger partial charge in [-0.15, -0.1) is 0 Å². The molecule has 0 bridgehead atoms. The summed E-state index contributed by atoms with van der Waals surface area (Å²) >= 11 is 23.8. The highest BCUT2D eigenvalue weighted by atomic mass is 35.5. The lowest BCUT2D eigenvalue weighted by atomic mass is 10.1. The first-order valence-corrected chi connectivity index (χ1v) is 7.37. The molecule has 1 atom stereocenters. The molecule has 2 aromatic rings. The van der Waals surface area contributed by atoms with Crippen LogP contribution >= 0.6 is 46.4 Å². The van der Waals surface area contributed by atoms with E-state index in [1.807, 2.05) is 0 Å². The molecule has 0 amide bonds. The number of rotatable bonds is 3. The average Bonchev–Trinajstić information content (AvgIpc) is 2.40. The molecule has 2 rings (SSSR count). The van der Waals surface area contributed by atoms with Crippen LogP contribution in [0.4, 0.5) is 14.5 Å². The zero-order valence-electron chi connectivity index (χ0n) is 10.7. The maximum absolute atomic E-state index is 13.8. The van der Waals surface area contributed by atoms with E-state index >= 15 is 0 Å². The lowest BCUT2D eigenvalue weighted by Gasteiger charge is -2.19. The molecule has 0 aromatic heterocycles. The van der Waals surface area contributed by atoms with Crippen LogP contribution in [-0.2, 0) is 0 Å². The van der Waals surface area contributed by atoms with Gasteiger partial charge in [0.05, 0.1) is 31.8 Å². The van der Waals surface area contributed by atoms with Crippen LogP contribution in [0, 0.1) is 11.6 Å². The number of hydrogen-bond donors (Lipinski definition) is 1. The Morgan fingerprint density at radius 2 is 1.62 bits per heavy atom. The SMILES string of the molecule is CC(Nc1c(F)cc(F)cc1Cl)c1ccc(Cl)c(Cl)c1Cl. The van der Waals surface area contributed by atoms with Crippen molar-refractivity contribution in [2.24, 2.45) is 0 Å². The number of anilines is 1. The first-order chi connectivity index (χ1) is 9.81. The highest BCUT2D eigenvalue weighted by Gasteiger charge is 2.17. The van der Waals surface area contributed by atoms with Crippen molar-refractivity contribution >= 4 is 52.1 Å². The predicted octanol–water partition coefficient (Wildman–Crippen LogP) is 6.75. The summed E-state index contributed by atoms with van der Waals surface area (Å²) in [6.07, 6.45) is 0. The standard InChI is InChI=1S/C14H9Cl4F2N/c1-6(8-2-3-9(15)13(18)12(8)17)21-14-10(16)4-7(19)5-11(14)20/h2-6,21H,1H3. The molecule has 0 spiro atoms. The quantitative estimate of drug-likeness (QED) is 0.589. The minimum absolute atomic E-state index is 0.00675. The summed E-state index contributed by atoms with van der Waals surface area (Å²) < 4.78 is 26.8. The fourth-order valence-corrected chi connectivity index (χ4v) is 2.81. The molecule has 112 valence electrons. The minimum Gasteiger partial charge on any atom is -0.375 e. The van der Waals surface area contributed by atoms with Crippen LogP contribution < -0.4 is 5.32 Å². The summed E-state index contributed by atoms with van der Waals surface area (Å²) in [7, 11) is 0. The van der Waals surface area contributed by atoms with Crippen molar-refractivity contribution in [3.8, 4) is 0 Å². The number of hydrogen-bond acceptors (Lipinski definition) is 1. The Bertz CT molecular complexity index is 668. The van der Waals surface area contributed by atoms with E-state index in [1.54, 1.807) is 19.1 Å². The van der Waals surface area contributed by atoms with Crippen LogP contribution in [0.3, 0.4) is 0 Å². The van der Waals surface area contributed by atoms with E-state index in [4.69, 9.17) is 46.4 Å². The topological polar surface area (TPSA) is 12.0 Å². The third kappa shape index (κ3) is 3.54. The second-order valence-electron chi connectivity index (χ2n) is 4.38. The Balaban J connectivity index is 2.35. The summed E-state index contributed by atoms with van der Waals surface area (Å²) in [5, 5.41) is 3.60. The van der Waals surface area contributed by atoms with E-state index in [0.29, 0.717) is 10.6 Å². The van der Waals surface area contributed by atoms with Gasteiger partial charge in [-0.3, -0.25) is 0 Å². The third-order valence-corrected chi connectivity index (χ3v) is 4.51. The molecular weight excluding hydrogens is 362 g/mol. The van der Waals surface area contributed by atoms with E-state index in [9.17, 15) is 8.78 Å².